The van der Waals surface area contributed by atoms with E-state index in [4.69, 9.17) is 21.1 Å². The summed E-state index contributed by atoms with van der Waals surface area (Å²) in [5.41, 5.74) is 0.451. The molecule has 1 amide bonds. The quantitative estimate of drug-likeness (QED) is 0.825. The number of benzene rings is 2. The van der Waals surface area contributed by atoms with Crippen LogP contribution >= 0.6 is 11.6 Å². The molecule has 0 aliphatic carbocycles. The standard InChI is InChI=1S/C18H14ClF2NO4/c19-12-1-4-16-10(6-12)5-11(8-25-16)18(24)26-9-17(23)22-15-7-13(20)2-3-14(15)21/h1-4,6-7,11H,5,8-9H2,(H,22,23)/t11-/m1/s1. The van der Waals surface area contributed by atoms with Crippen LogP contribution < -0.4 is 10.1 Å². The highest BCUT2D eigenvalue weighted by molar-refractivity contribution is 6.30. The van der Waals surface area contributed by atoms with E-state index in [0.29, 0.717) is 17.2 Å². The van der Waals surface area contributed by atoms with Crippen molar-refractivity contribution in [2.24, 2.45) is 5.92 Å². The van der Waals surface area contributed by atoms with Gasteiger partial charge in [-0.3, -0.25) is 9.59 Å². The van der Waals surface area contributed by atoms with Gasteiger partial charge >= 0.3 is 5.97 Å². The van der Waals surface area contributed by atoms with Crippen LogP contribution in [0.15, 0.2) is 36.4 Å². The fraction of sp³-hybridized carbons (Fsp3) is 0.222. The Kier molecular flexibility index (Phi) is 5.37. The molecule has 1 atom stereocenters. The van der Waals surface area contributed by atoms with Crippen LogP contribution in [0.3, 0.4) is 0 Å². The number of rotatable bonds is 4. The maximum absolute atomic E-state index is 13.5. The largest absolute Gasteiger partial charge is 0.492 e. The number of carbonyl (C=O) groups excluding carboxylic acids is 2. The highest BCUT2D eigenvalue weighted by Gasteiger charge is 2.28. The Balaban J connectivity index is 1.54. The minimum Gasteiger partial charge on any atom is -0.492 e. The highest BCUT2D eigenvalue weighted by Crippen LogP contribution is 2.30. The minimum atomic E-state index is -0.791. The summed E-state index contributed by atoms with van der Waals surface area (Å²) >= 11 is 5.93. The Morgan fingerprint density at radius 3 is 2.85 bits per heavy atom. The van der Waals surface area contributed by atoms with Gasteiger partial charge in [0.05, 0.1) is 11.6 Å². The van der Waals surface area contributed by atoms with Gasteiger partial charge in [0, 0.05) is 11.1 Å². The van der Waals surface area contributed by atoms with Gasteiger partial charge in [-0.1, -0.05) is 11.6 Å². The molecule has 0 unspecified atom stereocenters. The molecular weight excluding hydrogens is 368 g/mol. The summed E-state index contributed by atoms with van der Waals surface area (Å²) in [6.07, 6.45) is 0.370. The number of halogens is 3. The summed E-state index contributed by atoms with van der Waals surface area (Å²) in [7, 11) is 0. The van der Waals surface area contributed by atoms with Gasteiger partial charge in [0.1, 0.15) is 24.0 Å². The molecule has 5 nitrogen and oxygen atoms in total. The number of nitrogens with one attached hydrogen (secondary N) is 1. The predicted molar refractivity (Wildman–Crippen MR) is 90.1 cm³/mol. The SMILES string of the molecule is O=C(COC(=O)[C@H]1COc2ccc(Cl)cc2C1)Nc1cc(F)ccc1F. The maximum Gasteiger partial charge on any atom is 0.313 e. The first-order valence-corrected chi connectivity index (χ1v) is 8.13. The molecular formula is C18H14ClF2NO4. The first kappa shape index (κ1) is 18.1. The molecule has 1 aliphatic rings. The molecule has 0 radical (unpaired) electrons. The normalized spacial score (nSPS) is 15.6. The van der Waals surface area contributed by atoms with Gasteiger partial charge in [-0.05, 0) is 42.3 Å². The number of hydrogen-bond donors (Lipinski definition) is 1. The van der Waals surface area contributed by atoms with Gasteiger partial charge < -0.3 is 14.8 Å². The number of hydrogen-bond acceptors (Lipinski definition) is 4. The molecule has 2 aromatic rings. The van der Waals surface area contributed by atoms with Crippen molar-refractivity contribution in [3.8, 4) is 5.75 Å². The number of carbonyl (C=O) groups is 2. The number of amides is 1. The van der Waals surface area contributed by atoms with Crippen LogP contribution in [0.5, 0.6) is 5.75 Å². The average molecular weight is 382 g/mol. The van der Waals surface area contributed by atoms with Crippen molar-refractivity contribution in [3.05, 3.63) is 58.6 Å². The van der Waals surface area contributed by atoms with Crippen LogP contribution in [0.4, 0.5) is 14.5 Å². The summed E-state index contributed by atoms with van der Waals surface area (Å²) in [5, 5.41) is 2.68. The Hall–Kier alpha value is -2.67. The Labute approximate surface area is 152 Å². The van der Waals surface area contributed by atoms with Crippen molar-refractivity contribution >= 4 is 29.2 Å². The number of fused-ring (bicyclic) bond motifs is 1. The second-order valence-electron chi connectivity index (χ2n) is 5.74. The van der Waals surface area contributed by atoms with Gasteiger partial charge in [0.2, 0.25) is 0 Å². The van der Waals surface area contributed by atoms with Crippen molar-refractivity contribution in [1.29, 1.82) is 0 Å². The van der Waals surface area contributed by atoms with E-state index >= 15 is 0 Å². The van der Waals surface area contributed by atoms with Crippen LogP contribution in [0, 0.1) is 17.6 Å². The lowest BCUT2D eigenvalue weighted by molar-refractivity contribution is -0.152. The monoisotopic (exact) mass is 381 g/mol. The molecule has 0 saturated carbocycles. The summed E-state index contributed by atoms with van der Waals surface area (Å²) in [4.78, 5) is 23.9. The topological polar surface area (TPSA) is 64.6 Å². The predicted octanol–water partition coefficient (Wildman–Crippen LogP) is 3.35. The van der Waals surface area contributed by atoms with Crippen molar-refractivity contribution in [1.82, 2.24) is 0 Å². The zero-order valence-corrected chi connectivity index (χ0v) is 14.2. The van der Waals surface area contributed by atoms with E-state index in [9.17, 15) is 18.4 Å². The van der Waals surface area contributed by atoms with Crippen molar-refractivity contribution in [2.75, 3.05) is 18.5 Å². The van der Waals surface area contributed by atoms with E-state index in [2.05, 4.69) is 5.32 Å². The van der Waals surface area contributed by atoms with Crippen molar-refractivity contribution < 1.29 is 27.8 Å². The fourth-order valence-corrected chi connectivity index (χ4v) is 2.74. The van der Waals surface area contributed by atoms with Crippen LogP contribution in [-0.2, 0) is 20.7 Å². The molecule has 0 aromatic heterocycles. The Bertz CT molecular complexity index is 859. The van der Waals surface area contributed by atoms with Gasteiger partial charge in [-0.15, -0.1) is 0 Å². The summed E-state index contributed by atoms with van der Waals surface area (Å²) < 4.78 is 37.0. The van der Waals surface area contributed by atoms with E-state index in [1.165, 1.54) is 0 Å². The van der Waals surface area contributed by atoms with Crippen molar-refractivity contribution in [2.45, 2.75) is 6.42 Å². The highest BCUT2D eigenvalue weighted by atomic mass is 35.5. The molecule has 136 valence electrons. The van der Waals surface area contributed by atoms with Gasteiger partial charge in [0.25, 0.3) is 5.91 Å². The van der Waals surface area contributed by atoms with E-state index in [0.717, 1.165) is 23.8 Å². The van der Waals surface area contributed by atoms with Crippen LogP contribution in [0.1, 0.15) is 5.56 Å². The average Bonchev–Trinajstić information content (AvgIpc) is 2.62. The van der Waals surface area contributed by atoms with Gasteiger partial charge in [0.15, 0.2) is 6.61 Å². The third kappa shape index (κ3) is 4.29. The van der Waals surface area contributed by atoms with Crippen LogP contribution in [0.2, 0.25) is 5.02 Å². The zero-order valence-electron chi connectivity index (χ0n) is 13.4. The van der Waals surface area contributed by atoms with Crippen LogP contribution in [0.25, 0.3) is 0 Å². The molecule has 0 spiro atoms. The minimum absolute atomic E-state index is 0.119. The molecule has 0 fully saturated rings. The Morgan fingerprint density at radius 1 is 1.23 bits per heavy atom. The molecule has 0 bridgehead atoms. The lowest BCUT2D eigenvalue weighted by atomic mass is 9.97. The van der Waals surface area contributed by atoms with Gasteiger partial charge in [-0.25, -0.2) is 8.78 Å². The summed E-state index contributed by atoms with van der Waals surface area (Å²) in [5.74, 6) is -2.82. The fourth-order valence-electron chi connectivity index (χ4n) is 2.55. The van der Waals surface area contributed by atoms with Crippen LogP contribution in [-0.4, -0.2) is 25.1 Å². The number of ether oxygens (including phenoxy) is 2. The van der Waals surface area contributed by atoms with E-state index < -0.39 is 36.0 Å². The summed E-state index contributed by atoms with van der Waals surface area (Å²) in [6, 6.07) is 7.77. The lowest BCUT2D eigenvalue weighted by Crippen LogP contribution is -2.32. The molecule has 1 aliphatic heterocycles. The third-order valence-electron chi connectivity index (χ3n) is 3.81. The molecule has 0 saturated heterocycles. The molecule has 1 heterocycles. The second-order valence-corrected chi connectivity index (χ2v) is 6.18. The molecule has 3 rings (SSSR count). The van der Waals surface area contributed by atoms with Crippen molar-refractivity contribution in [3.63, 3.8) is 0 Å². The van der Waals surface area contributed by atoms with E-state index in [1.54, 1.807) is 18.2 Å². The molecule has 2 aromatic carbocycles. The maximum atomic E-state index is 13.5. The molecule has 26 heavy (non-hydrogen) atoms. The first-order chi connectivity index (χ1) is 12.4. The third-order valence-corrected chi connectivity index (χ3v) is 4.05. The van der Waals surface area contributed by atoms with E-state index in [-0.39, 0.29) is 12.3 Å². The number of anilines is 1. The molecule has 1 N–H and O–H groups in total. The van der Waals surface area contributed by atoms with Gasteiger partial charge in [-0.2, -0.15) is 0 Å². The molecule has 8 heteroatoms. The Morgan fingerprint density at radius 2 is 2.04 bits per heavy atom. The smallest absolute Gasteiger partial charge is 0.313 e. The first-order valence-electron chi connectivity index (χ1n) is 7.75. The second kappa shape index (κ2) is 7.70. The zero-order chi connectivity index (χ0) is 18.7. The summed E-state index contributed by atoms with van der Waals surface area (Å²) in [6.45, 7) is -0.499. The lowest BCUT2D eigenvalue weighted by Gasteiger charge is -2.24. The number of esters is 1. The van der Waals surface area contributed by atoms with E-state index in [1.807, 2.05) is 0 Å².